The number of anilines is 1. The van der Waals surface area contributed by atoms with Crippen molar-refractivity contribution in [3.05, 3.63) is 36.2 Å². The third-order valence-electron chi connectivity index (χ3n) is 2.81. The summed E-state index contributed by atoms with van der Waals surface area (Å²) in [5.41, 5.74) is 2.56. The summed E-state index contributed by atoms with van der Waals surface area (Å²) >= 11 is 1.78. The number of rotatable bonds is 1. The molecule has 2 aliphatic heterocycles. The predicted molar refractivity (Wildman–Crippen MR) is 61.2 cm³/mol. The van der Waals surface area contributed by atoms with Crippen molar-refractivity contribution in [3.8, 4) is 0 Å². The van der Waals surface area contributed by atoms with Crippen LogP contribution in [0.5, 0.6) is 0 Å². The largest absolute Gasteiger partial charge is 0.376 e. The normalized spacial score (nSPS) is 22.8. The van der Waals surface area contributed by atoms with Crippen LogP contribution in [0.4, 0.5) is 5.69 Å². The average molecular weight is 220 g/mol. The highest BCUT2D eigenvalue weighted by atomic mass is 32.2. The van der Waals surface area contributed by atoms with Gasteiger partial charge in [-0.3, -0.25) is 0 Å². The van der Waals surface area contributed by atoms with Gasteiger partial charge in [-0.15, -0.1) is 0 Å². The van der Waals surface area contributed by atoms with Gasteiger partial charge >= 0.3 is 0 Å². The molecule has 0 amide bonds. The minimum atomic E-state index is 0.0739. The van der Waals surface area contributed by atoms with Gasteiger partial charge in [-0.1, -0.05) is 23.9 Å². The average Bonchev–Trinajstić information content (AvgIpc) is 2.72. The number of thioether (sulfide) groups is 1. The molecule has 0 aromatic heterocycles. The van der Waals surface area contributed by atoms with Crippen molar-refractivity contribution in [1.82, 2.24) is 4.90 Å². The Morgan fingerprint density at radius 2 is 2.20 bits per heavy atom. The Labute approximate surface area is 93.0 Å². The molecule has 3 rings (SSSR count). The predicted octanol–water partition coefficient (Wildman–Crippen LogP) is 2.01. The number of benzene rings is 1. The Morgan fingerprint density at radius 3 is 3.00 bits per heavy atom. The molecule has 15 heavy (non-hydrogen) atoms. The first-order valence-electron chi connectivity index (χ1n) is 4.91. The van der Waals surface area contributed by atoms with Crippen molar-refractivity contribution in [2.75, 3.05) is 11.6 Å². The first-order valence-corrected chi connectivity index (χ1v) is 5.79. The van der Waals surface area contributed by atoms with Crippen molar-refractivity contribution >= 4 is 17.4 Å². The van der Waals surface area contributed by atoms with Gasteiger partial charge in [0.1, 0.15) is 6.73 Å². The zero-order valence-corrected chi connectivity index (χ0v) is 9.24. The number of hydrogen-bond donors (Lipinski definition) is 1. The van der Waals surface area contributed by atoms with Gasteiger partial charge in [0.05, 0.1) is 5.69 Å². The Morgan fingerprint density at radius 1 is 1.40 bits per heavy atom. The number of para-hydroxylation sites is 1. The molecule has 4 heteroatoms. The van der Waals surface area contributed by atoms with Crippen molar-refractivity contribution in [3.63, 3.8) is 0 Å². The first kappa shape index (κ1) is 9.12. The van der Waals surface area contributed by atoms with Crippen LogP contribution in [-0.2, 0) is 0 Å². The van der Waals surface area contributed by atoms with Gasteiger partial charge in [-0.05, 0) is 19.1 Å². The van der Waals surface area contributed by atoms with Crippen LogP contribution < -0.4 is 4.90 Å². The molecule has 0 saturated carbocycles. The van der Waals surface area contributed by atoms with Gasteiger partial charge in [0.2, 0.25) is 0 Å². The third kappa shape index (κ3) is 1.18. The lowest BCUT2D eigenvalue weighted by atomic mass is 10.3. The van der Waals surface area contributed by atoms with E-state index in [0.717, 1.165) is 5.70 Å². The van der Waals surface area contributed by atoms with Crippen LogP contribution in [0.3, 0.4) is 0 Å². The monoisotopic (exact) mass is 220 g/mol. The molecule has 0 saturated heterocycles. The zero-order valence-electron chi connectivity index (χ0n) is 8.42. The topological polar surface area (TPSA) is 26.7 Å². The lowest BCUT2D eigenvalue weighted by Gasteiger charge is -2.25. The second-order valence-corrected chi connectivity index (χ2v) is 4.80. The maximum Gasteiger partial charge on any atom is 0.160 e. The quantitative estimate of drug-likeness (QED) is 0.783. The molecular formula is C11H12N2OS. The van der Waals surface area contributed by atoms with E-state index >= 15 is 0 Å². The molecule has 0 bridgehead atoms. The summed E-state index contributed by atoms with van der Waals surface area (Å²) < 4.78 is 0. The molecular weight excluding hydrogens is 208 g/mol. The lowest BCUT2D eigenvalue weighted by molar-refractivity contribution is 0.141. The smallest absolute Gasteiger partial charge is 0.160 e. The van der Waals surface area contributed by atoms with E-state index in [2.05, 4.69) is 23.2 Å². The lowest BCUT2D eigenvalue weighted by Crippen LogP contribution is -2.34. The van der Waals surface area contributed by atoms with E-state index in [9.17, 15) is 5.11 Å². The fourth-order valence-electron chi connectivity index (χ4n) is 2.04. The number of aliphatic hydroxyl groups is 1. The van der Waals surface area contributed by atoms with E-state index in [1.165, 1.54) is 10.6 Å². The number of hydrogen-bond acceptors (Lipinski definition) is 4. The molecule has 1 aromatic rings. The maximum absolute atomic E-state index is 9.31. The highest BCUT2D eigenvalue weighted by Gasteiger charge is 2.37. The van der Waals surface area contributed by atoms with Crippen molar-refractivity contribution in [1.29, 1.82) is 0 Å². The van der Waals surface area contributed by atoms with E-state index < -0.39 is 0 Å². The van der Waals surface area contributed by atoms with E-state index in [1.54, 1.807) is 11.8 Å². The summed E-state index contributed by atoms with van der Waals surface area (Å²) in [5, 5.41) is 9.31. The van der Waals surface area contributed by atoms with E-state index in [0.29, 0.717) is 0 Å². The van der Waals surface area contributed by atoms with Crippen LogP contribution in [0.25, 0.3) is 0 Å². The Bertz CT molecular complexity index is 432. The number of allylic oxidation sites excluding steroid dienone is 1. The van der Waals surface area contributed by atoms with Crippen LogP contribution in [0, 0.1) is 0 Å². The van der Waals surface area contributed by atoms with E-state index in [1.807, 2.05) is 24.0 Å². The van der Waals surface area contributed by atoms with Gasteiger partial charge in [-0.25, -0.2) is 0 Å². The van der Waals surface area contributed by atoms with E-state index in [4.69, 9.17) is 0 Å². The van der Waals surface area contributed by atoms with Gasteiger partial charge in [0, 0.05) is 16.8 Å². The van der Waals surface area contributed by atoms with Crippen molar-refractivity contribution < 1.29 is 5.11 Å². The van der Waals surface area contributed by atoms with Crippen molar-refractivity contribution in [2.24, 2.45) is 0 Å². The molecule has 0 spiro atoms. The fourth-order valence-corrected chi connectivity index (χ4v) is 3.36. The summed E-state index contributed by atoms with van der Waals surface area (Å²) in [6.07, 6.45) is 2.10. The summed E-state index contributed by atoms with van der Waals surface area (Å²) in [4.78, 5) is 5.49. The van der Waals surface area contributed by atoms with E-state index in [-0.39, 0.29) is 12.2 Å². The standard InChI is InChI=1S/C11H12N2OS/c1-8-6-12-9-4-2-3-5-10(9)15-11(12)13(8)7-14/h2-6,11,14H,7H2,1H3. The third-order valence-corrected chi connectivity index (χ3v) is 4.10. The van der Waals surface area contributed by atoms with Gasteiger partial charge in [-0.2, -0.15) is 0 Å². The van der Waals surface area contributed by atoms with Gasteiger partial charge in [0.25, 0.3) is 0 Å². The Hall–Kier alpha value is -1.13. The molecule has 1 unspecified atom stereocenters. The summed E-state index contributed by atoms with van der Waals surface area (Å²) in [6, 6.07) is 8.34. The van der Waals surface area contributed by atoms with Gasteiger partial charge < -0.3 is 14.9 Å². The van der Waals surface area contributed by atoms with Crippen LogP contribution >= 0.6 is 11.8 Å². The minimum Gasteiger partial charge on any atom is -0.376 e. The van der Waals surface area contributed by atoms with Crippen LogP contribution in [0.2, 0.25) is 0 Å². The molecule has 1 atom stereocenters. The molecule has 0 fully saturated rings. The number of nitrogens with zero attached hydrogens (tertiary/aromatic N) is 2. The fraction of sp³-hybridized carbons (Fsp3) is 0.273. The highest BCUT2D eigenvalue weighted by molar-refractivity contribution is 8.00. The molecule has 3 nitrogen and oxygen atoms in total. The number of aliphatic hydroxyl groups excluding tert-OH is 1. The second-order valence-electron chi connectivity index (χ2n) is 3.70. The molecule has 0 aliphatic carbocycles. The summed E-state index contributed by atoms with van der Waals surface area (Å²) in [5.74, 6) is 0. The molecule has 78 valence electrons. The van der Waals surface area contributed by atoms with Crippen molar-refractivity contribution in [2.45, 2.75) is 17.3 Å². The Kier molecular flexibility index (Phi) is 1.94. The van der Waals surface area contributed by atoms with Crippen LogP contribution in [0.15, 0.2) is 41.1 Å². The second kappa shape index (κ2) is 3.18. The highest BCUT2D eigenvalue weighted by Crippen LogP contribution is 2.48. The Balaban J connectivity index is 2.04. The SMILES string of the molecule is CC1=CN2c3ccccc3SC2N1CO. The molecule has 2 aliphatic rings. The molecule has 1 aromatic carbocycles. The minimum absolute atomic E-state index is 0.0739. The van der Waals surface area contributed by atoms with Crippen LogP contribution in [-0.4, -0.2) is 22.2 Å². The van der Waals surface area contributed by atoms with Crippen LogP contribution in [0.1, 0.15) is 6.92 Å². The molecule has 2 heterocycles. The molecule has 1 N–H and O–H groups in total. The first-order chi connectivity index (χ1) is 7.31. The number of fused-ring (bicyclic) bond motifs is 3. The molecule has 0 radical (unpaired) electrons. The maximum atomic E-state index is 9.31. The van der Waals surface area contributed by atoms with Gasteiger partial charge in [0.15, 0.2) is 5.50 Å². The summed E-state index contributed by atoms with van der Waals surface area (Å²) in [6.45, 7) is 2.10. The summed E-state index contributed by atoms with van der Waals surface area (Å²) in [7, 11) is 0. The zero-order chi connectivity index (χ0) is 10.4.